The van der Waals surface area contributed by atoms with Gasteiger partial charge in [-0.25, -0.2) is 0 Å². The summed E-state index contributed by atoms with van der Waals surface area (Å²) in [5.41, 5.74) is 4.61. The van der Waals surface area contributed by atoms with Crippen molar-refractivity contribution in [1.82, 2.24) is 10.3 Å². The second-order valence-electron chi connectivity index (χ2n) is 4.90. The quantitative estimate of drug-likeness (QED) is 0.875. The molecule has 1 heterocycles. The zero-order valence-corrected chi connectivity index (χ0v) is 12.0. The lowest BCUT2D eigenvalue weighted by molar-refractivity contribution is 0.582. The molecule has 1 unspecified atom stereocenters. The normalized spacial score (nSPS) is 12.9. The number of hydrogen-bond acceptors (Lipinski definition) is 3. The molecule has 0 radical (unpaired) electrons. The van der Waals surface area contributed by atoms with Crippen LogP contribution in [0.2, 0.25) is 0 Å². The first-order valence-electron chi connectivity index (χ1n) is 6.37. The first-order valence-corrected chi connectivity index (χ1v) is 7.25. The number of hydrogen-bond donors (Lipinski definition) is 1. The summed E-state index contributed by atoms with van der Waals surface area (Å²) in [6.45, 7) is 7.52. The predicted molar refractivity (Wildman–Crippen MR) is 77.9 cm³/mol. The van der Waals surface area contributed by atoms with Crippen molar-refractivity contribution in [1.29, 1.82) is 0 Å². The Hall–Kier alpha value is -1.19. The average molecular weight is 260 g/mol. The highest BCUT2D eigenvalue weighted by Gasteiger charge is 2.06. The van der Waals surface area contributed by atoms with E-state index in [0.29, 0.717) is 12.0 Å². The number of thiazole rings is 1. The van der Waals surface area contributed by atoms with Crippen LogP contribution in [0.5, 0.6) is 0 Å². The van der Waals surface area contributed by atoms with E-state index in [0.717, 1.165) is 6.54 Å². The first-order chi connectivity index (χ1) is 8.66. The fourth-order valence-corrected chi connectivity index (χ4v) is 2.48. The molecule has 0 aliphatic rings. The Kier molecular flexibility index (Phi) is 4.50. The van der Waals surface area contributed by atoms with E-state index in [1.807, 2.05) is 11.7 Å². The standard InChI is InChI=1S/C15H20N2S/c1-11(2)14-6-4-13(5-7-14)8-17-12(3)15-9-16-10-18-15/h4-7,9-12,17H,8H2,1-3H3. The lowest BCUT2D eigenvalue weighted by atomic mass is 10.0. The summed E-state index contributed by atoms with van der Waals surface area (Å²) in [5.74, 6) is 0.600. The molecule has 0 amide bonds. The highest BCUT2D eigenvalue weighted by atomic mass is 32.1. The largest absolute Gasteiger partial charge is 0.305 e. The third kappa shape index (κ3) is 3.40. The van der Waals surface area contributed by atoms with Gasteiger partial charge in [0.25, 0.3) is 0 Å². The molecular formula is C15H20N2S. The minimum absolute atomic E-state index is 0.363. The molecule has 0 saturated carbocycles. The highest BCUT2D eigenvalue weighted by molar-refractivity contribution is 7.09. The maximum atomic E-state index is 4.11. The zero-order valence-electron chi connectivity index (χ0n) is 11.2. The maximum Gasteiger partial charge on any atom is 0.0794 e. The van der Waals surface area contributed by atoms with Crippen molar-refractivity contribution >= 4 is 11.3 Å². The fraction of sp³-hybridized carbons (Fsp3) is 0.400. The van der Waals surface area contributed by atoms with Gasteiger partial charge >= 0.3 is 0 Å². The molecular weight excluding hydrogens is 240 g/mol. The van der Waals surface area contributed by atoms with Crippen LogP contribution in [0, 0.1) is 0 Å². The molecule has 0 spiro atoms. The van der Waals surface area contributed by atoms with Crippen LogP contribution >= 0.6 is 11.3 Å². The van der Waals surface area contributed by atoms with Gasteiger partial charge in [0, 0.05) is 23.7 Å². The Morgan fingerprint density at radius 3 is 2.44 bits per heavy atom. The number of nitrogens with one attached hydrogen (secondary N) is 1. The van der Waals surface area contributed by atoms with Gasteiger partial charge in [0.15, 0.2) is 0 Å². The number of nitrogens with zero attached hydrogens (tertiary/aromatic N) is 1. The van der Waals surface area contributed by atoms with Crippen molar-refractivity contribution in [2.75, 3.05) is 0 Å². The fourth-order valence-electron chi connectivity index (χ4n) is 1.83. The Morgan fingerprint density at radius 2 is 1.89 bits per heavy atom. The van der Waals surface area contributed by atoms with Gasteiger partial charge in [-0.2, -0.15) is 0 Å². The van der Waals surface area contributed by atoms with E-state index in [2.05, 4.69) is 55.3 Å². The molecule has 1 aromatic heterocycles. The Morgan fingerprint density at radius 1 is 1.17 bits per heavy atom. The minimum atomic E-state index is 0.363. The summed E-state index contributed by atoms with van der Waals surface area (Å²) in [4.78, 5) is 5.39. The molecule has 3 heteroatoms. The lowest BCUT2D eigenvalue weighted by Gasteiger charge is -2.12. The molecule has 0 fully saturated rings. The average Bonchev–Trinajstić information content (AvgIpc) is 2.90. The number of rotatable bonds is 5. The van der Waals surface area contributed by atoms with Gasteiger partial charge in [0.2, 0.25) is 0 Å². The van der Waals surface area contributed by atoms with Crippen LogP contribution in [0.15, 0.2) is 36.0 Å². The molecule has 1 atom stereocenters. The molecule has 2 rings (SSSR count). The minimum Gasteiger partial charge on any atom is -0.305 e. The van der Waals surface area contributed by atoms with Crippen molar-refractivity contribution in [3.63, 3.8) is 0 Å². The van der Waals surface area contributed by atoms with E-state index in [4.69, 9.17) is 0 Å². The van der Waals surface area contributed by atoms with Crippen LogP contribution in [0.3, 0.4) is 0 Å². The van der Waals surface area contributed by atoms with Gasteiger partial charge in [0.05, 0.1) is 5.51 Å². The molecule has 0 aliphatic heterocycles. The Bertz CT molecular complexity index is 460. The Labute approximate surface area is 113 Å². The smallest absolute Gasteiger partial charge is 0.0794 e. The zero-order chi connectivity index (χ0) is 13.0. The molecule has 2 aromatic rings. The van der Waals surface area contributed by atoms with Gasteiger partial charge in [-0.1, -0.05) is 38.1 Å². The topological polar surface area (TPSA) is 24.9 Å². The summed E-state index contributed by atoms with van der Waals surface area (Å²) >= 11 is 1.70. The van der Waals surface area contributed by atoms with E-state index in [1.165, 1.54) is 16.0 Å². The van der Waals surface area contributed by atoms with Crippen molar-refractivity contribution in [3.05, 3.63) is 52.0 Å². The van der Waals surface area contributed by atoms with Gasteiger partial charge in [-0.05, 0) is 24.0 Å². The lowest BCUT2D eigenvalue weighted by Crippen LogP contribution is -2.17. The van der Waals surface area contributed by atoms with Crippen molar-refractivity contribution in [3.8, 4) is 0 Å². The summed E-state index contributed by atoms with van der Waals surface area (Å²) in [7, 11) is 0. The third-order valence-electron chi connectivity index (χ3n) is 3.14. The SMILES string of the molecule is CC(C)c1ccc(CNC(C)c2cncs2)cc1. The van der Waals surface area contributed by atoms with Crippen LogP contribution in [-0.2, 0) is 6.54 Å². The molecule has 18 heavy (non-hydrogen) atoms. The highest BCUT2D eigenvalue weighted by Crippen LogP contribution is 2.18. The Balaban J connectivity index is 1.90. The second kappa shape index (κ2) is 6.12. The third-order valence-corrected chi connectivity index (χ3v) is 4.10. The summed E-state index contributed by atoms with van der Waals surface area (Å²) in [5, 5.41) is 3.52. The van der Waals surface area contributed by atoms with Gasteiger partial charge in [-0.15, -0.1) is 11.3 Å². The first kappa shape index (κ1) is 13.2. The van der Waals surface area contributed by atoms with Crippen LogP contribution in [0.1, 0.15) is 48.7 Å². The summed E-state index contributed by atoms with van der Waals surface area (Å²) < 4.78 is 0. The molecule has 0 aliphatic carbocycles. The van der Waals surface area contributed by atoms with E-state index in [-0.39, 0.29) is 0 Å². The second-order valence-corrected chi connectivity index (χ2v) is 5.82. The van der Waals surface area contributed by atoms with Gasteiger partial charge in [-0.3, -0.25) is 4.98 Å². The van der Waals surface area contributed by atoms with E-state index >= 15 is 0 Å². The van der Waals surface area contributed by atoms with E-state index < -0.39 is 0 Å². The van der Waals surface area contributed by atoms with Crippen LogP contribution < -0.4 is 5.32 Å². The van der Waals surface area contributed by atoms with E-state index in [9.17, 15) is 0 Å². The van der Waals surface area contributed by atoms with Crippen LogP contribution in [0.25, 0.3) is 0 Å². The summed E-state index contributed by atoms with van der Waals surface area (Å²) in [6.07, 6.45) is 1.93. The van der Waals surface area contributed by atoms with E-state index in [1.54, 1.807) is 11.3 Å². The van der Waals surface area contributed by atoms with Crippen LogP contribution in [0.4, 0.5) is 0 Å². The van der Waals surface area contributed by atoms with Crippen molar-refractivity contribution < 1.29 is 0 Å². The van der Waals surface area contributed by atoms with Gasteiger partial charge in [0.1, 0.15) is 0 Å². The van der Waals surface area contributed by atoms with Crippen LogP contribution in [-0.4, -0.2) is 4.98 Å². The molecule has 96 valence electrons. The summed E-state index contributed by atoms with van der Waals surface area (Å²) in [6, 6.07) is 9.23. The molecule has 1 aromatic carbocycles. The van der Waals surface area contributed by atoms with Crippen molar-refractivity contribution in [2.24, 2.45) is 0 Å². The van der Waals surface area contributed by atoms with Gasteiger partial charge < -0.3 is 5.32 Å². The van der Waals surface area contributed by atoms with Crippen molar-refractivity contribution in [2.45, 2.75) is 39.3 Å². The molecule has 0 bridgehead atoms. The molecule has 2 nitrogen and oxygen atoms in total. The predicted octanol–water partition coefficient (Wildman–Crippen LogP) is 4.12. The monoisotopic (exact) mass is 260 g/mol. The number of benzene rings is 1. The number of aromatic nitrogens is 1. The molecule has 0 saturated heterocycles. The molecule has 1 N–H and O–H groups in total. The maximum absolute atomic E-state index is 4.11.